The molecule has 2 heterocycles. The smallest absolute Gasteiger partial charge is 0.169 e. The summed E-state index contributed by atoms with van der Waals surface area (Å²) in [5.74, 6) is 0.736. The lowest BCUT2D eigenvalue weighted by atomic mass is 10.2. The molecule has 0 aliphatic carbocycles. The minimum absolute atomic E-state index is 0.471. The lowest BCUT2D eigenvalue weighted by Gasteiger charge is -2.22. The van der Waals surface area contributed by atoms with Crippen molar-refractivity contribution in [3.8, 4) is 6.07 Å². The van der Waals surface area contributed by atoms with Gasteiger partial charge in [-0.2, -0.15) is 10.4 Å². The maximum absolute atomic E-state index is 8.92. The fraction of sp³-hybridized carbons (Fsp3) is 0.500. The van der Waals surface area contributed by atoms with Gasteiger partial charge in [0.15, 0.2) is 5.82 Å². The van der Waals surface area contributed by atoms with Gasteiger partial charge in [0.2, 0.25) is 0 Å². The number of hydrogen-bond acceptors (Lipinski definition) is 4. The van der Waals surface area contributed by atoms with Gasteiger partial charge in [0.25, 0.3) is 0 Å². The number of anilines is 1. The molecule has 0 bridgehead atoms. The molecule has 1 saturated heterocycles. The van der Waals surface area contributed by atoms with Gasteiger partial charge in [-0.3, -0.25) is 0 Å². The highest BCUT2D eigenvalue weighted by Crippen LogP contribution is 2.25. The zero-order valence-corrected chi connectivity index (χ0v) is 8.14. The third-order valence-electron chi connectivity index (χ3n) is 2.65. The molecule has 0 saturated carbocycles. The summed E-state index contributed by atoms with van der Waals surface area (Å²) in [5, 5.41) is 16.8. The van der Waals surface area contributed by atoms with Gasteiger partial charge in [-0.05, 0) is 25.8 Å². The third-order valence-corrected chi connectivity index (χ3v) is 2.65. The second kappa shape index (κ2) is 3.62. The molecule has 1 unspecified atom stereocenters. The van der Waals surface area contributed by atoms with Crippen LogP contribution in [0.3, 0.4) is 0 Å². The summed E-state index contributed by atoms with van der Waals surface area (Å²) in [7, 11) is 0. The van der Waals surface area contributed by atoms with Gasteiger partial charge >= 0.3 is 0 Å². The first kappa shape index (κ1) is 8.95. The predicted octanol–water partition coefficient (Wildman–Crippen LogP) is 1.34. The SMILES string of the molecule is CC1CCCN1c1nnccc1C#N. The molecule has 72 valence electrons. The summed E-state index contributed by atoms with van der Waals surface area (Å²) in [6.07, 6.45) is 3.90. The molecule has 0 radical (unpaired) electrons. The minimum atomic E-state index is 0.471. The van der Waals surface area contributed by atoms with Crippen LogP contribution < -0.4 is 4.90 Å². The van der Waals surface area contributed by atoms with Gasteiger partial charge in [-0.15, -0.1) is 5.10 Å². The van der Waals surface area contributed by atoms with Crippen molar-refractivity contribution in [1.82, 2.24) is 10.2 Å². The van der Waals surface area contributed by atoms with E-state index in [1.807, 2.05) is 0 Å². The van der Waals surface area contributed by atoms with Crippen molar-refractivity contribution < 1.29 is 0 Å². The molecule has 0 N–H and O–H groups in total. The van der Waals surface area contributed by atoms with E-state index in [-0.39, 0.29) is 0 Å². The Kier molecular flexibility index (Phi) is 2.32. The van der Waals surface area contributed by atoms with Crippen LogP contribution in [0.25, 0.3) is 0 Å². The molecule has 2 rings (SSSR count). The maximum Gasteiger partial charge on any atom is 0.169 e. The molecule has 0 spiro atoms. The van der Waals surface area contributed by atoms with E-state index >= 15 is 0 Å². The second-order valence-corrected chi connectivity index (χ2v) is 3.56. The molecular formula is C10H12N4. The quantitative estimate of drug-likeness (QED) is 0.667. The Balaban J connectivity index is 2.36. The first-order valence-corrected chi connectivity index (χ1v) is 4.81. The van der Waals surface area contributed by atoms with Gasteiger partial charge < -0.3 is 4.90 Å². The van der Waals surface area contributed by atoms with Crippen molar-refractivity contribution in [3.05, 3.63) is 17.8 Å². The van der Waals surface area contributed by atoms with Crippen molar-refractivity contribution in [3.63, 3.8) is 0 Å². The molecule has 1 aliphatic rings. The fourth-order valence-electron chi connectivity index (χ4n) is 1.87. The average Bonchev–Trinajstić information content (AvgIpc) is 2.64. The Morgan fingerprint density at radius 1 is 1.64 bits per heavy atom. The summed E-state index contributed by atoms with van der Waals surface area (Å²) in [6.45, 7) is 3.14. The molecule has 1 atom stereocenters. The highest BCUT2D eigenvalue weighted by Gasteiger charge is 2.23. The first-order chi connectivity index (χ1) is 6.83. The van der Waals surface area contributed by atoms with E-state index in [2.05, 4.69) is 28.1 Å². The molecule has 0 amide bonds. The molecule has 0 aromatic carbocycles. The van der Waals surface area contributed by atoms with E-state index in [4.69, 9.17) is 5.26 Å². The zero-order chi connectivity index (χ0) is 9.97. The Labute approximate surface area is 83.2 Å². The summed E-state index contributed by atoms with van der Waals surface area (Å²) in [4.78, 5) is 2.16. The van der Waals surface area contributed by atoms with Crippen LogP contribution >= 0.6 is 0 Å². The highest BCUT2D eigenvalue weighted by atomic mass is 15.3. The third kappa shape index (κ3) is 1.41. The van der Waals surface area contributed by atoms with Crippen molar-refractivity contribution in [2.24, 2.45) is 0 Å². The van der Waals surface area contributed by atoms with E-state index in [9.17, 15) is 0 Å². The van der Waals surface area contributed by atoms with Crippen LogP contribution in [0.1, 0.15) is 25.3 Å². The van der Waals surface area contributed by atoms with Crippen LogP contribution in [0.5, 0.6) is 0 Å². The molecule has 14 heavy (non-hydrogen) atoms. The van der Waals surface area contributed by atoms with Crippen LogP contribution in [0, 0.1) is 11.3 Å². The van der Waals surface area contributed by atoms with Crippen molar-refractivity contribution >= 4 is 5.82 Å². The number of aromatic nitrogens is 2. The standard InChI is InChI=1S/C10H12N4/c1-8-3-2-6-14(8)10-9(7-11)4-5-12-13-10/h4-5,8H,2-3,6H2,1H3. The largest absolute Gasteiger partial charge is 0.351 e. The molecule has 4 nitrogen and oxygen atoms in total. The van der Waals surface area contributed by atoms with E-state index in [0.717, 1.165) is 12.4 Å². The van der Waals surface area contributed by atoms with Crippen LogP contribution in [0.4, 0.5) is 5.82 Å². The predicted molar refractivity (Wildman–Crippen MR) is 52.8 cm³/mol. The lowest BCUT2D eigenvalue weighted by Crippen LogP contribution is -2.28. The maximum atomic E-state index is 8.92. The summed E-state index contributed by atoms with van der Waals surface area (Å²) >= 11 is 0. The molecule has 1 aromatic heterocycles. The molecule has 1 aliphatic heterocycles. The fourth-order valence-corrected chi connectivity index (χ4v) is 1.87. The number of hydrogen-bond donors (Lipinski definition) is 0. The summed E-state index contributed by atoms with van der Waals surface area (Å²) in [6, 6.07) is 4.34. The van der Waals surface area contributed by atoms with Gasteiger partial charge in [0, 0.05) is 12.6 Å². The zero-order valence-electron chi connectivity index (χ0n) is 8.14. The van der Waals surface area contributed by atoms with E-state index < -0.39 is 0 Å². The van der Waals surface area contributed by atoms with Crippen molar-refractivity contribution in [2.75, 3.05) is 11.4 Å². The van der Waals surface area contributed by atoms with Crippen LogP contribution in [0.2, 0.25) is 0 Å². The van der Waals surface area contributed by atoms with E-state index in [1.165, 1.54) is 12.8 Å². The number of nitriles is 1. The van der Waals surface area contributed by atoms with Crippen LogP contribution in [-0.2, 0) is 0 Å². The summed E-state index contributed by atoms with van der Waals surface area (Å²) in [5.41, 5.74) is 0.619. The second-order valence-electron chi connectivity index (χ2n) is 3.56. The Hall–Kier alpha value is -1.63. The summed E-state index contributed by atoms with van der Waals surface area (Å²) < 4.78 is 0. The molecule has 1 aromatic rings. The van der Waals surface area contributed by atoms with Gasteiger partial charge in [-0.1, -0.05) is 0 Å². The number of nitrogens with zero attached hydrogens (tertiary/aromatic N) is 4. The van der Waals surface area contributed by atoms with Crippen LogP contribution in [-0.4, -0.2) is 22.8 Å². The minimum Gasteiger partial charge on any atom is -0.351 e. The Bertz CT molecular complexity index is 369. The molecule has 4 heteroatoms. The Morgan fingerprint density at radius 3 is 3.14 bits per heavy atom. The Morgan fingerprint density at radius 2 is 2.50 bits per heavy atom. The van der Waals surface area contributed by atoms with Crippen molar-refractivity contribution in [2.45, 2.75) is 25.8 Å². The molecule has 1 fully saturated rings. The monoisotopic (exact) mass is 188 g/mol. The van der Waals surface area contributed by atoms with Crippen molar-refractivity contribution in [1.29, 1.82) is 5.26 Å². The van der Waals surface area contributed by atoms with Gasteiger partial charge in [0.05, 0.1) is 11.8 Å². The topological polar surface area (TPSA) is 52.8 Å². The highest BCUT2D eigenvalue weighted by molar-refractivity contribution is 5.53. The average molecular weight is 188 g/mol. The van der Waals surface area contributed by atoms with Gasteiger partial charge in [-0.25, -0.2) is 0 Å². The van der Waals surface area contributed by atoms with E-state index in [0.29, 0.717) is 11.6 Å². The van der Waals surface area contributed by atoms with Crippen LogP contribution in [0.15, 0.2) is 12.3 Å². The van der Waals surface area contributed by atoms with Gasteiger partial charge in [0.1, 0.15) is 6.07 Å². The number of rotatable bonds is 1. The van der Waals surface area contributed by atoms with E-state index in [1.54, 1.807) is 12.3 Å². The normalized spacial score (nSPS) is 20.9. The first-order valence-electron chi connectivity index (χ1n) is 4.81. The molecular weight excluding hydrogens is 176 g/mol. The lowest BCUT2D eigenvalue weighted by molar-refractivity contribution is 0.720.